The molecular formula is C13H18O3S2. The summed E-state index contributed by atoms with van der Waals surface area (Å²) in [5.41, 5.74) is 0.987. The van der Waals surface area contributed by atoms with E-state index in [2.05, 4.69) is 0 Å². The van der Waals surface area contributed by atoms with Crippen LogP contribution in [0.1, 0.15) is 18.4 Å². The van der Waals surface area contributed by atoms with Crippen molar-refractivity contribution in [3.8, 4) is 0 Å². The maximum Gasteiger partial charge on any atom is 0.118 e. The number of rotatable bonds is 4. The number of aliphatic hydroxyl groups is 2. The largest absolute Gasteiger partial charge is 0.394 e. The number of hydrogen-bond acceptors (Lipinski definition) is 4. The Labute approximate surface area is 114 Å². The third-order valence-electron chi connectivity index (χ3n) is 3.11. The van der Waals surface area contributed by atoms with Crippen molar-refractivity contribution in [3.05, 3.63) is 35.9 Å². The van der Waals surface area contributed by atoms with Crippen LogP contribution in [-0.2, 0) is 14.9 Å². The van der Waals surface area contributed by atoms with E-state index in [-0.39, 0.29) is 6.61 Å². The molecule has 1 aromatic rings. The Morgan fingerprint density at radius 1 is 1.39 bits per heavy atom. The molecular weight excluding hydrogens is 268 g/mol. The molecule has 1 saturated heterocycles. The third kappa shape index (κ3) is 2.79. The average molecular weight is 286 g/mol. The lowest BCUT2D eigenvalue weighted by molar-refractivity contribution is 0.0853. The molecule has 18 heavy (non-hydrogen) atoms. The second-order valence-electron chi connectivity index (χ2n) is 4.41. The van der Waals surface area contributed by atoms with Gasteiger partial charge >= 0.3 is 0 Å². The SMILES string of the molecule is O=S1CCCS[C@]1(C[C@@H](O)CO)c1ccccc1. The minimum Gasteiger partial charge on any atom is -0.394 e. The second kappa shape index (κ2) is 6.19. The molecule has 0 bridgehead atoms. The first-order valence-corrected chi connectivity index (χ1v) is 8.36. The Bertz CT molecular complexity index is 410. The van der Waals surface area contributed by atoms with Gasteiger partial charge in [-0.25, -0.2) is 0 Å². The molecule has 0 spiro atoms. The summed E-state index contributed by atoms with van der Waals surface area (Å²) in [4.78, 5) is 0. The molecule has 2 rings (SSSR count). The number of thioether (sulfide) groups is 1. The van der Waals surface area contributed by atoms with Crippen LogP contribution in [0.5, 0.6) is 0 Å². The molecule has 3 atom stereocenters. The van der Waals surface area contributed by atoms with Crippen molar-refractivity contribution in [1.82, 2.24) is 0 Å². The van der Waals surface area contributed by atoms with Crippen LogP contribution < -0.4 is 0 Å². The number of hydrogen-bond donors (Lipinski definition) is 2. The summed E-state index contributed by atoms with van der Waals surface area (Å²) in [5.74, 6) is 1.61. The van der Waals surface area contributed by atoms with Crippen LogP contribution in [0.2, 0.25) is 0 Å². The van der Waals surface area contributed by atoms with E-state index < -0.39 is 21.0 Å². The molecule has 100 valence electrons. The first-order valence-electron chi connectivity index (χ1n) is 6.06. The Kier molecular flexibility index (Phi) is 4.84. The van der Waals surface area contributed by atoms with Gasteiger partial charge in [-0.15, -0.1) is 11.8 Å². The van der Waals surface area contributed by atoms with Crippen molar-refractivity contribution in [2.45, 2.75) is 23.0 Å². The van der Waals surface area contributed by atoms with E-state index in [9.17, 15) is 9.32 Å². The van der Waals surface area contributed by atoms with Crippen LogP contribution in [0, 0.1) is 0 Å². The number of benzene rings is 1. The van der Waals surface area contributed by atoms with Gasteiger partial charge in [-0.3, -0.25) is 4.21 Å². The van der Waals surface area contributed by atoms with Crippen molar-refractivity contribution in [2.24, 2.45) is 0 Å². The first-order chi connectivity index (χ1) is 8.69. The van der Waals surface area contributed by atoms with Crippen LogP contribution >= 0.6 is 11.8 Å². The molecule has 2 N–H and O–H groups in total. The Morgan fingerprint density at radius 2 is 2.11 bits per heavy atom. The first kappa shape index (κ1) is 14.1. The Hall–Kier alpha value is -0.360. The zero-order valence-electron chi connectivity index (χ0n) is 10.1. The predicted octanol–water partition coefficient (Wildman–Crippen LogP) is 1.47. The highest BCUT2D eigenvalue weighted by Crippen LogP contribution is 2.47. The highest BCUT2D eigenvalue weighted by atomic mass is 32.2. The van der Waals surface area contributed by atoms with Gasteiger partial charge in [0, 0.05) is 23.0 Å². The van der Waals surface area contributed by atoms with Gasteiger partial charge in [-0.1, -0.05) is 30.3 Å². The summed E-state index contributed by atoms with van der Waals surface area (Å²) < 4.78 is 11.9. The molecule has 1 fully saturated rings. The van der Waals surface area contributed by atoms with Crippen molar-refractivity contribution < 1.29 is 14.4 Å². The summed E-state index contributed by atoms with van der Waals surface area (Å²) in [6.07, 6.45) is 0.464. The van der Waals surface area contributed by atoms with E-state index in [4.69, 9.17) is 5.11 Å². The van der Waals surface area contributed by atoms with Crippen LogP contribution in [0.25, 0.3) is 0 Å². The monoisotopic (exact) mass is 286 g/mol. The lowest BCUT2D eigenvalue weighted by Gasteiger charge is -2.37. The lowest BCUT2D eigenvalue weighted by atomic mass is 10.1. The van der Waals surface area contributed by atoms with Gasteiger partial charge in [0.15, 0.2) is 0 Å². The van der Waals surface area contributed by atoms with Crippen LogP contribution in [0.15, 0.2) is 30.3 Å². The molecule has 0 amide bonds. The van der Waals surface area contributed by atoms with E-state index >= 15 is 0 Å². The van der Waals surface area contributed by atoms with E-state index in [1.54, 1.807) is 11.8 Å². The van der Waals surface area contributed by atoms with E-state index in [0.717, 1.165) is 17.7 Å². The Morgan fingerprint density at radius 3 is 2.72 bits per heavy atom. The van der Waals surface area contributed by atoms with Crippen molar-refractivity contribution in [3.63, 3.8) is 0 Å². The fraction of sp³-hybridized carbons (Fsp3) is 0.538. The van der Waals surface area contributed by atoms with Gasteiger partial charge in [-0.05, 0) is 17.7 Å². The minimum atomic E-state index is -1.02. The molecule has 1 unspecified atom stereocenters. The molecule has 0 aliphatic carbocycles. The molecule has 1 aliphatic rings. The van der Waals surface area contributed by atoms with Crippen molar-refractivity contribution in [1.29, 1.82) is 0 Å². The molecule has 0 radical (unpaired) electrons. The third-order valence-corrected chi connectivity index (χ3v) is 7.18. The van der Waals surface area contributed by atoms with Gasteiger partial charge in [0.1, 0.15) is 4.08 Å². The van der Waals surface area contributed by atoms with E-state index in [1.807, 2.05) is 30.3 Å². The van der Waals surface area contributed by atoms with E-state index in [1.165, 1.54) is 0 Å². The summed E-state index contributed by atoms with van der Waals surface area (Å²) in [6.45, 7) is -0.285. The summed E-state index contributed by atoms with van der Waals surface area (Å²) >= 11 is 1.64. The minimum absolute atomic E-state index is 0.285. The van der Waals surface area contributed by atoms with Gasteiger partial charge in [0.2, 0.25) is 0 Å². The van der Waals surface area contributed by atoms with Crippen LogP contribution in [-0.4, -0.2) is 38.6 Å². The summed E-state index contributed by atoms with van der Waals surface area (Å²) in [5, 5.41) is 18.8. The van der Waals surface area contributed by atoms with Gasteiger partial charge in [-0.2, -0.15) is 0 Å². The zero-order chi connectivity index (χ0) is 13.0. The smallest absolute Gasteiger partial charge is 0.118 e. The van der Waals surface area contributed by atoms with Crippen molar-refractivity contribution in [2.75, 3.05) is 18.1 Å². The molecule has 3 nitrogen and oxygen atoms in total. The average Bonchev–Trinajstić information content (AvgIpc) is 2.42. The normalized spacial score (nSPS) is 30.0. The van der Waals surface area contributed by atoms with E-state index in [0.29, 0.717) is 12.2 Å². The Balaban J connectivity index is 2.36. The molecule has 0 aromatic heterocycles. The summed E-state index contributed by atoms with van der Waals surface area (Å²) in [7, 11) is -1.02. The van der Waals surface area contributed by atoms with Gasteiger partial charge < -0.3 is 10.2 Å². The van der Waals surface area contributed by atoms with Gasteiger partial charge in [0.05, 0.1) is 12.7 Å². The maximum atomic E-state index is 12.5. The molecule has 1 aliphatic heterocycles. The van der Waals surface area contributed by atoms with Crippen molar-refractivity contribution >= 4 is 22.6 Å². The quantitative estimate of drug-likeness (QED) is 0.880. The molecule has 1 heterocycles. The van der Waals surface area contributed by atoms with Crippen LogP contribution in [0.3, 0.4) is 0 Å². The lowest BCUT2D eigenvalue weighted by Crippen LogP contribution is -2.38. The van der Waals surface area contributed by atoms with Gasteiger partial charge in [0.25, 0.3) is 0 Å². The summed E-state index contributed by atoms with van der Waals surface area (Å²) in [6, 6.07) is 9.69. The predicted molar refractivity (Wildman–Crippen MR) is 75.9 cm³/mol. The molecule has 1 aromatic carbocycles. The zero-order valence-corrected chi connectivity index (χ0v) is 11.8. The number of aliphatic hydroxyl groups excluding tert-OH is 2. The standard InChI is InChI=1S/C13H18O3S2/c14-10-12(15)9-13(11-5-2-1-3-6-11)17-7-4-8-18(13)16/h1-3,5-6,12,14-15H,4,7-10H2/t12-,13+,18?/m1/s1. The molecule has 5 heteroatoms. The van der Waals surface area contributed by atoms with Crippen LogP contribution in [0.4, 0.5) is 0 Å². The highest BCUT2D eigenvalue weighted by molar-refractivity contribution is 8.12. The second-order valence-corrected chi connectivity index (χ2v) is 7.86. The fourth-order valence-corrected chi connectivity index (χ4v) is 6.16. The fourth-order valence-electron chi connectivity index (χ4n) is 2.21. The topological polar surface area (TPSA) is 57.5 Å². The highest BCUT2D eigenvalue weighted by Gasteiger charge is 2.42. The maximum absolute atomic E-state index is 12.5. The molecule has 0 saturated carbocycles.